The standard InChI is InChI=1S/C14H13NO2S/c1-9-5-11-6-12(3-4-13(11)17-9)16-7-14-10(2)15-8-18-14/h3-6,8H,7H2,1-2H3. The number of nitrogens with zero attached hydrogens (tertiary/aromatic N) is 1. The number of fused-ring (bicyclic) bond motifs is 1. The molecule has 2 aromatic heterocycles. The minimum Gasteiger partial charge on any atom is -0.488 e. The molecule has 3 rings (SSSR count). The van der Waals surface area contributed by atoms with Crippen molar-refractivity contribution in [3.05, 3.63) is 46.1 Å². The molecule has 0 bridgehead atoms. The van der Waals surface area contributed by atoms with Crippen LogP contribution in [0, 0.1) is 13.8 Å². The second-order valence-corrected chi connectivity index (χ2v) is 5.15. The Labute approximate surface area is 109 Å². The molecule has 0 unspecified atom stereocenters. The predicted molar refractivity (Wildman–Crippen MR) is 72.1 cm³/mol. The Kier molecular flexibility index (Phi) is 2.80. The summed E-state index contributed by atoms with van der Waals surface area (Å²) < 4.78 is 11.3. The van der Waals surface area contributed by atoms with Gasteiger partial charge >= 0.3 is 0 Å². The fourth-order valence-electron chi connectivity index (χ4n) is 1.86. The van der Waals surface area contributed by atoms with E-state index in [-0.39, 0.29) is 0 Å². The summed E-state index contributed by atoms with van der Waals surface area (Å²) in [6, 6.07) is 7.89. The smallest absolute Gasteiger partial charge is 0.134 e. The van der Waals surface area contributed by atoms with Gasteiger partial charge in [0.05, 0.1) is 16.1 Å². The van der Waals surface area contributed by atoms with Crippen molar-refractivity contribution < 1.29 is 9.15 Å². The lowest BCUT2D eigenvalue weighted by atomic mass is 10.2. The molecular weight excluding hydrogens is 246 g/mol. The van der Waals surface area contributed by atoms with Gasteiger partial charge in [0.2, 0.25) is 0 Å². The van der Waals surface area contributed by atoms with Crippen LogP contribution in [0.3, 0.4) is 0 Å². The van der Waals surface area contributed by atoms with Crippen molar-refractivity contribution in [2.75, 3.05) is 0 Å². The lowest BCUT2D eigenvalue weighted by molar-refractivity contribution is 0.309. The van der Waals surface area contributed by atoms with Crippen molar-refractivity contribution in [3.63, 3.8) is 0 Å². The Morgan fingerprint density at radius 1 is 1.28 bits per heavy atom. The topological polar surface area (TPSA) is 35.3 Å². The van der Waals surface area contributed by atoms with E-state index >= 15 is 0 Å². The number of rotatable bonds is 3. The number of benzene rings is 1. The summed E-state index contributed by atoms with van der Waals surface area (Å²) in [4.78, 5) is 5.37. The second kappa shape index (κ2) is 4.46. The number of thiazole rings is 1. The van der Waals surface area contributed by atoms with Crippen LogP contribution in [-0.4, -0.2) is 4.98 Å². The molecule has 1 aromatic carbocycles. The predicted octanol–water partition coefficient (Wildman–Crippen LogP) is 4.09. The van der Waals surface area contributed by atoms with Gasteiger partial charge in [-0.2, -0.15) is 0 Å². The number of furan rings is 1. The first-order chi connectivity index (χ1) is 8.72. The summed E-state index contributed by atoms with van der Waals surface area (Å²) in [6.07, 6.45) is 0. The molecule has 0 aliphatic carbocycles. The molecule has 0 radical (unpaired) electrons. The Balaban J connectivity index is 1.80. The second-order valence-electron chi connectivity index (χ2n) is 4.21. The number of ether oxygens (including phenoxy) is 1. The number of hydrogen-bond acceptors (Lipinski definition) is 4. The van der Waals surface area contributed by atoms with Crippen LogP contribution in [0.4, 0.5) is 0 Å². The van der Waals surface area contributed by atoms with E-state index in [1.165, 1.54) is 4.88 Å². The zero-order valence-corrected chi connectivity index (χ0v) is 11.1. The van der Waals surface area contributed by atoms with Crippen LogP contribution in [0.2, 0.25) is 0 Å². The molecule has 2 heterocycles. The first-order valence-corrected chi connectivity index (χ1v) is 6.62. The quantitative estimate of drug-likeness (QED) is 0.710. The molecule has 0 aliphatic rings. The van der Waals surface area contributed by atoms with Crippen LogP contribution < -0.4 is 4.74 Å². The van der Waals surface area contributed by atoms with Gasteiger partial charge in [0.15, 0.2) is 0 Å². The molecule has 4 heteroatoms. The van der Waals surface area contributed by atoms with Crippen molar-refractivity contribution in [2.24, 2.45) is 0 Å². The number of aromatic nitrogens is 1. The molecule has 0 fully saturated rings. The van der Waals surface area contributed by atoms with E-state index in [0.29, 0.717) is 6.61 Å². The third-order valence-electron chi connectivity index (χ3n) is 2.83. The zero-order chi connectivity index (χ0) is 12.5. The first-order valence-electron chi connectivity index (χ1n) is 5.74. The van der Waals surface area contributed by atoms with Crippen LogP contribution in [0.1, 0.15) is 16.3 Å². The van der Waals surface area contributed by atoms with E-state index in [4.69, 9.17) is 9.15 Å². The highest BCUT2D eigenvalue weighted by Gasteiger charge is 2.05. The van der Waals surface area contributed by atoms with Crippen LogP contribution >= 0.6 is 11.3 Å². The van der Waals surface area contributed by atoms with Gasteiger partial charge in [-0.3, -0.25) is 0 Å². The van der Waals surface area contributed by atoms with Crippen molar-refractivity contribution >= 4 is 22.3 Å². The third kappa shape index (κ3) is 2.11. The SMILES string of the molecule is Cc1cc2cc(OCc3scnc3C)ccc2o1. The molecule has 0 saturated heterocycles. The van der Waals surface area contributed by atoms with Crippen LogP contribution in [0.25, 0.3) is 11.0 Å². The Morgan fingerprint density at radius 3 is 2.94 bits per heavy atom. The van der Waals surface area contributed by atoms with E-state index in [1.54, 1.807) is 11.3 Å². The maximum atomic E-state index is 5.78. The van der Waals surface area contributed by atoms with E-state index in [0.717, 1.165) is 28.2 Å². The minimum absolute atomic E-state index is 0.568. The number of hydrogen-bond donors (Lipinski definition) is 0. The van der Waals surface area contributed by atoms with Gasteiger partial charge in [-0.15, -0.1) is 11.3 Å². The van der Waals surface area contributed by atoms with Gasteiger partial charge in [-0.1, -0.05) is 0 Å². The summed E-state index contributed by atoms with van der Waals surface area (Å²) in [5.74, 6) is 1.77. The maximum Gasteiger partial charge on any atom is 0.134 e. The summed E-state index contributed by atoms with van der Waals surface area (Å²) >= 11 is 1.62. The van der Waals surface area contributed by atoms with Crippen molar-refractivity contribution in [1.82, 2.24) is 4.98 Å². The molecule has 0 N–H and O–H groups in total. The monoisotopic (exact) mass is 259 g/mol. The molecular formula is C14H13NO2S. The molecule has 0 atom stereocenters. The highest BCUT2D eigenvalue weighted by molar-refractivity contribution is 7.09. The molecule has 92 valence electrons. The highest BCUT2D eigenvalue weighted by Crippen LogP contribution is 2.25. The first kappa shape index (κ1) is 11.3. The van der Waals surface area contributed by atoms with Crippen LogP contribution in [-0.2, 0) is 6.61 Å². The van der Waals surface area contributed by atoms with Crippen molar-refractivity contribution in [1.29, 1.82) is 0 Å². The van der Waals surface area contributed by atoms with Gasteiger partial charge in [-0.05, 0) is 38.1 Å². The van der Waals surface area contributed by atoms with Crippen LogP contribution in [0.5, 0.6) is 5.75 Å². The van der Waals surface area contributed by atoms with Gasteiger partial charge in [0, 0.05) is 5.39 Å². The fraction of sp³-hybridized carbons (Fsp3) is 0.214. The Hall–Kier alpha value is -1.81. The van der Waals surface area contributed by atoms with E-state index in [9.17, 15) is 0 Å². The van der Waals surface area contributed by atoms with Gasteiger partial charge in [0.1, 0.15) is 23.7 Å². The molecule has 0 spiro atoms. The van der Waals surface area contributed by atoms with E-state index in [1.807, 2.05) is 43.6 Å². The Morgan fingerprint density at radius 2 is 2.17 bits per heavy atom. The summed E-state index contributed by atoms with van der Waals surface area (Å²) in [5, 5.41) is 1.08. The highest BCUT2D eigenvalue weighted by atomic mass is 32.1. The normalized spacial score (nSPS) is 11.0. The Bertz CT molecular complexity index is 684. The summed E-state index contributed by atoms with van der Waals surface area (Å²) in [5.41, 5.74) is 3.78. The van der Waals surface area contributed by atoms with Crippen molar-refractivity contribution in [2.45, 2.75) is 20.5 Å². The lowest BCUT2D eigenvalue weighted by Gasteiger charge is -2.04. The largest absolute Gasteiger partial charge is 0.488 e. The third-order valence-corrected chi connectivity index (χ3v) is 3.73. The van der Waals surface area contributed by atoms with Crippen LogP contribution in [0.15, 0.2) is 34.2 Å². The van der Waals surface area contributed by atoms with Gasteiger partial charge in [0.25, 0.3) is 0 Å². The van der Waals surface area contributed by atoms with E-state index in [2.05, 4.69) is 4.98 Å². The number of aryl methyl sites for hydroxylation is 2. The molecule has 3 aromatic rings. The summed E-state index contributed by atoms with van der Waals surface area (Å²) in [6.45, 7) is 4.51. The average Bonchev–Trinajstić information content (AvgIpc) is 2.90. The fourth-order valence-corrected chi connectivity index (χ4v) is 2.55. The lowest BCUT2D eigenvalue weighted by Crippen LogP contribution is -1.94. The average molecular weight is 259 g/mol. The molecule has 0 amide bonds. The maximum absolute atomic E-state index is 5.78. The molecule has 0 aliphatic heterocycles. The molecule has 0 saturated carbocycles. The van der Waals surface area contributed by atoms with E-state index < -0.39 is 0 Å². The summed E-state index contributed by atoms with van der Waals surface area (Å²) in [7, 11) is 0. The van der Waals surface area contributed by atoms with Gasteiger partial charge in [-0.25, -0.2) is 4.98 Å². The molecule has 3 nitrogen and oxygen atoms in total. The molecule has 18 heavy (non-hydrogen) atoms. The zero-order valence-electron chi connectivity index (χ0n) is 10.3. The van der Waals surface area contributed by atoms with Crippen molar-refractivity contribution in [3.8, 4) is 5.75 Å². The minimum atomic E-state index is 0.568. The van der Waals surface area contributed by atoms with Gasteiger partial charge < -0.3 is 9.15 Å².